The molecule has 1 aliphatic rings. The van der Waals surface area contributed by atoms with Crippen molar-refractivity contribution in [1.82, 2.24) is 4.90 Å². The average molecular weight is 295 g/mol. The molecule has 1 unspecified atom stereocenters. The molecule has 2 aromatic carbocycles. The SMILES string of the molecule is Cc1ccc2c(c1)C(CN)N(Cc1ccc(N(C)C)cc1)C2. The van der Waals surface area contributed by atoms with Crippen LogP contribution in [0.5, 0.6) is 0 Å². The molecular weight excluding hydrogens is 270 g/mol. The second kappa shape index (κ2) is 6.11. The summed E-state index contributed by atoms with van der Waals surface area (Å²) in [5.74, 6) is 0. The first-order valence-corrected chi connectivity index (χ1v) is 7.88. The highest BCUT2D eigenvalue weighted by Gasteiger charge is 2.28. The molecule has 3 heteroatoms. The Labute approximate surface area is 133 Å². The molecule has 0 fully saturated rings. The smallest absolute Gasteiger partial charge is 0.0480 e. The predicted molar refractivity (Wildman–Crippen MR) is 93.0 cm³/mol. The fourth-order valence-corrected chi connectivity index (χ4v) is 3.27. The van der Waals surface area contributed by atoms with E-state index in [-0.39, 0.29) is 0 Å². The van der Waals surface area contributed by atoms with E-state index in [1.54, 1.807) is 0 Å². The van der Waals surface area contributed by atoms with Crippen LogP contribution in [-0.4, -0.2) is 25.5 Å². The van der Waals surface area contributed by atoms with Gasteiger partial charge in [-0.1, -0.05) is 35.9 Å². The van der Waals surface area contributed by atoms with Crippen LogP contribution >= 0.6 is 0 Å². The van der Waals surface area contributed by atoms with Gasteiger partial charge in [0.25, 0.3) is 0 Å². The monoisotopic (exact) mass is 295 g/mol. The molecule has 0 aromatic heterocycles. The highest BCUT2D eigenvalue weighted by molar-refractivity contribution is 5.46. The van der Waals surface area contributed by atoms with E-state index in [9.17, 15) is 0 Å². The normalized spacial score (nSPS) is 17.5. The van der Waals surface area contributed by atoms with E-state index in [2.05, 4.69) is 73.3 Å². The van der Waals surface area contributed by atoms with Crippen molar-refractivity contribution >= 4 is 5.69 Å². The summed E-state index contributed by atoms with van der Waals surface area (Å²) in [5, 5.41) is 0. The molecule has 1 atom stereocenters. The third-order valence-electron chi connectivity index (χ3n) is 4.54. The summed E-state index contributed by atoms with van der Waals surface area (Å²) in [4.78, 5) is 4.61. The summed E-state index contributed by atoms with van der Waals surface area (Å²) in [6, 6.07) is 15.9. The van der Waals surface area contributed by atoms with Gasteiger partial charge in [0.15, 0.2) is 0 Å². The summed E-state index contributed by atoms with van der Waals surface area (Å²) in [6.07, 6.45) is 0. The van der Waals surface area contributed by atoms with E-state index in [4.69, 9.17) is 5.73 Å². The van der Waals surface area contributed by atoms with Crippen LogP contribution in [0.15, 0.2) is 42.5 Å². The third-order valence-corrected chi connectivity index (χ3v) is 4.54. The molecule has 0 amide bonds. The Morgan fingerprint density at radius 2 is 1.86 bits per heavy atom. The maximum Gasteiger partial charge on any atom is 0.0480 e. The molecule has 0 saturated carbocycles. The van der Waals surface area contributed by atoms with E-state index >= 15 is 0 Å². The topological polar surface area (TPSA) is 32.5 Å². The number of hydrogen-bond acceptors (Lipinski definition) is 3. The van der Waals surface area contributed by atoms with E-state index in [0.717, 1.165) is 13.1 Å². The molecule has 2 N–H and O–H groups in total. The van der Waals surface area contributed by atoms with Gasteiger partial charge in [-0.3, -0.25) is 4.90 Å². The number of nitrogens with zero attached hydrogens (tertiary/aromatic N) is 2. The number of rotatable bonds is 4. The van der Waals surface area contributed by atoms with E-state index < -0.39 is 0 Å². The molecule has 1 aliphatic heterocycles. The van der Waals surface area contributed by atoms with Crippen molar-refractivity contribution in [2.45, 2.75) is 26.1 Å². The van der Waals surface area contributed by atoms with Gasteiger partial charge in [-0.2, -0.15) is 0 Å². The standard InChI is InChI=1S/C19H25N3/c1-14-4-7-16-13-22(19(11-20)18(16)10-14)12-15-5-8-17(9-6-15)21(2)3/h4-10,19H,11-13,20H2,1-3H3. The molecule has 3 nitrogen and oxygen atoms in total. The highest BCUT2D eigenvalue weighted by atomic mass is 15.2. The van der Waals surface area contributed by atoms with Crippen molar-refractivity contribution in [3.63, 3.8) is 0 Å². The van der Waals surface area contributed by atoms with Gasteiger partial charge in [-0.15, -0.1) is 0 Å². The minimum Gasteiger partial charge on any atom is -0.378 e. The van der Waals surface area contributed by atoms with Crippen molar-refractivity contribution < 1.29 is 0 Å². The number of nitrogens with two attached hydrogens (primary N) is 1. The maximum absolute atomic E-state index is 6.06. The zero-order valence-corrected chi connectivity index (χ0v) is 13.7. The van der Waals surface area contributed by atoms with Gasteiger partial charge >= 0.3 is 0 Å². The summed E-state index contributed by atoms with van der Waals surface area (Å²) < 4.78 is 0. The number of hydrogen-bond donors (Lipinski definition) is 1. The van der Waals surface area contributed by atoms with Gasteiger partial charge in [0.05, 0.1) is 0 Å². The number of aryl methyl sites for hydroxylation is 1. The lowest BCUT2D eigenvalue weighted by Crippen LogP contribution is -2.27. The van der Waals surface area contributed by atoms with Gasteiger partial charge in [0.2, 0.25) is 0 Å². The predicted octanol–water partition coefficient (Wildman–Crippen LogP) is 3.08. The van der Waals surface area contributed by atoms with Crippen LogP contribution < -0.4 is 10.6 Å². The third kappa shape index (κ3) is 2.87. The first-order chi connectivity index (χ1) is 10.6. The minimum absolute atomic E-state index is 0.337. The van der Waals surface area contributed by atoms with Gasteiger partial charge in [0, 0.05) is 45.5 Å². The average Bonchev–Trinajstić information content (AvgIpc) is 2.84. The molecule has 0 bridgehead atoms. The van der Waals surface area contributed by atoms with Crippen LogP contribution in [0, 0.1) is 6.92 Å². The Bertz CT molecular complexity index is 646. The zero-order valence-electron chi connectivity index (χ0n) is 13.7. The summed E-state index contributed by atoms with van der Waals surface area (Å²) in [5.41, 5.74) is 12.8. The van der Waals surface area contributed by atoms with Crippen LogP contribution in [0.4, 0.5) is 5.69 Å². The largest absolute Gasteiger partial charge is 0.378 e. The Hall–Kier alpha value is -1.84. The summed E-state index contributed by atoms with van der Waals surface area (Å²) in [6.45, 7) is 4.76. The van der Waals surface area contributed by atoms with Crippen LogP contribution in [0.25, 0.3) is 0 Å². The fourth-order valence-electron chi connectivity index (χ4n) is 3.27. The van der Waals surface area contributed by atoms with Gasteiger partial charge in [-0.05, 0) is 35.7 Å². The van der Waals surface area contributed by atoms with E-state index in [1.807, 2.05) is 0 Å². The number of anilines is 1. The highest BCUT2D eigenvalue weighted by Crippen LogP contribution is 2.34. The Morgan fingerprint density at radius 3 is 2.50 bits per heavy atom. The molecule has 0 spiro atoms. The Kier molecular flexibility index (Phi) is 4.19. The lowest BCUT2D eigenvalue weighted by atomic mass is 10.0. The number of fused-ring (bicyclic) bond motifs is 1. The van der Waals surface area contributed by atoms with E-state index in [1.165, 1.54) is 27.9 Å². The van der Waals surface area contributed by atoms with Crippen LogP contribution in [0.2, 0.25) is 0 Å². The minimum atomic E-state index is 0.337. The van der Waals surface area contributed by atoms with Crippen molar-refractivity contribution in [3.8, 4) is 0 Å². The second-order valence-corrected chi connectivity index (χ2v) is 6.42. The van der Waals surface area contributed by atoms with Crippen LogP contribution in [0.3, 0.4) is 0 Å². The summed E-state index contributed by atoms with van der Waals surface area (Å²) >= 11 is 0. The van der Waals surface area contributed by atoms with Crippen molar-refractivity contribution in [2.75, 3.05) is 25.5 Å². The van der Waals surface area contributed by atoms with Crippen molar-refractivity contribution in [3.05, 3.63) is 64.7 Å². The molecule has 0 radical (unpaired) electrons. The maximum atomic E-state index is 6.06. The quantitative estimate of drug-likeness (QED) is 0.941. The zero-order chi connectivity index (χ0) is 15.7. The lowest BCUT2D eigenvalue weighted by molar-refractivity contribution is 0.211. The molecule has 22 heavy (non-hydrogen) atoms. The molecule has 0 saturated heterocycles. The molecule has 116 valence electrons. The first-order valence-electron chi connectivity index (χ1n) is 7.88. The van der Waals surface area contributed by atoms with Crippen molar-refractivity contribution in [1.29, 1.82) is 0 Å². The van der Waals surface area contributed by atoms with Crippen LogP contribution in [-0.2, 0) is 13.1 Å². The van der Waals surface area contributed by atoms with Gasteiger partial charge < -0.3 is 10.6 Å². The lowest BCUT2D eigenvalue weighted by Gasteiger charge is -2.24. The fraction of sp³-hybridized carbons (Fsp3) is 0.368. The molecule has 0 aliphatic carbocycles. The first kappa shape index (κ1) is 15.1. The second-order valence-electron chi connectivity index (χ2n) is 6.42. The van der Waals surface area contributed by atoms with Crippen molar-refractivity contribution in [2.24, 2.45) is 5.73 Å². The van der Waals surface area contributed by atoms with Crippen LogP contribution in [0.1, 0.15) is 28.3 Å². The Morgan fingerprint density at radius 1 is 1.14 bits per heavy atom. The molecule has 3 rings (SSSR count). The molecule has 2 aromatic rings. The molecule has 1 heterocycles. The Balaban J connectivity index is 1.78. The summed E-state index contributed by atoms with van der Waals surface area (Å²) in [7, 11) is 4.14. The van der Waals surface area contributed by atoms with Gasteiger partial charge in [0.1, 0.15) is 0 Å². The molecular formula is C19H25N3. The number of benzene rings is 2. The van der Waals surface area contributed by atoms with E-state index in [0.29, 0.717) is 12.6 Å². The van der Waals surface area contributed by atoms with Gasteiger partial charge in [-0.25, -0.2) is 0 Å².